The highest BCUT2D eigenvalue weighted by molar-refractivity contribution is 5.95. The first-order valence-corrected chi connectivity index (χ1v) is 6.95. The molecule has 1 saturated heterocycles. The lowest BCUT2D eigenvalue weighted by Crippen LogP contribution is -2.36. The molecule has 6 heteroatoms. The van der Waals surface area contributed by atoms with Gasteiger partial charge < -0.3 is 15.3 Å². The lowest BCUT2D eigenvalue weighted by Gasteiger charge is -2.24. The van der Waals surface area contributed by atoms with Gasteiger partial charge in [0.15, 0.2) is 0 Å². The highest BCUT2D eigenvalue weighted by atomic mass is 19.1. The van der Waals surface area contributed by atoms with E-state index in [-0.39, 0.29) is 24.1 Å². The van der Waals surface area contributed by atoms with Gasteiger partial charge in [0.2, 0.25) is 0 Å². The Balaban J connectivity index is 2.14. The molecule has 1 aliphatic rings. The molecule has 0 bridgehead atoms. The van der Waals surface area contributed by atoms with E-state index in [4.69, 9.17) is 5.11 Å². The molecule has 1 unspecified atom stereocenters. The minimum Gasteiger partial charge on any atom is -0.481 e. The zero-order chi connectivity index (χ0) is 15.4. The maximum Gasteiger partial charge on any atom is 0.303 e. The number of nitrogens with one attached hydrogen (secondary N) is 1. The number of hydrogen-bond donors (Lipinski definition) is 2. The van der Waals surface area contributed by atoms with Crippen molar-refractivity contribution in [1.82, 2.24) is 10.2 Å². The minimum absolute atomic E-state index is 0.0270. The third-order valence-corrected chi connectivity index (χ3v) is 3.64. The van der Waals surface area contributed by atoms with Crippen LogP contribution in [0.5, 0.6) is 0 Å². The summed E-state index contributed by atoms with van der Waals surface area (Å²) in [6, 6.07) is 4.08. The number of nitrogens with zero attached hydrogens (tertiary/aromatic N) is 1. The molecule has 1 aliphatic heterocycles. The van der Waals surface area contributed by atoms with Crippen LogP contribution in [-0.2, 0) is 4.79 Å². The highest BCUT2D eigenvalue weighted by Gasteiger charge is 2.25. The molecule has 0 aliphatic carbocycles. The van der Waals surface area contributed by atoms with Crippen LogP contribution in [0.3, 0.4) is 0 Å². The number of carbonyl (C=O) groups is 2. The van der Waals surface area contributed by atoms with Crippen molar-refractivity contribution in [2.24, 2.45) is 5.92 Å². The topological polar surface area (TPSA) is 69.6 Å². The predicted molar refractivity (Wildman–Crippen MR) is 75.7 cm³/mol. The Bertz CT molecular complexity index is 548. The van der Waals surface area contributed by atoms with Crippen LogP contribution >= 0.6 is 0 Å². The number of carboxylic acid groups (broad SMARTS) is 1. The van der Waals surface area contributed by atoms with Gasteiger partial charge in [0, 0.05) is 31.7 Å². The lowest BCUT2D eigenvalue weighted by molar-refractivity contribution is -0.138. The van der Waals surface area contributed by atoms with Gasteiger partial charge in [0.25, 0.3) is 5.91 Å². The van der Waals surface area contributed by atoms with E-state index in [1.807, 2.05) is 0 Å². The molecule has 1 aromatic carbocycles. The van der Waals surface area contributed by atoms with Crippen LogP contribution in [0.1, 0.15) is 22.3 Å². The maximum absolute atomic E-state index is 13.1. The first-order chi connectivity index (χ1) is 9.97. The SMILES string of the molecule is Cc1cc(F)ccc1C(=O)N1CCNCC(CC(=O)O)C1. The first kappa shape index (κ1) is 15.4. The normalized spacial score (nSPS) is 19.1. The second-order valence-corrected chi connectivity index (χ2v) is 5.38. The molecular weight excluding hydrogens is 275 g/mol. The Kier molecular flexibility index (Phi) is 4.90. The Morgan fingerprint density at radius 3 is 2.90 bits per heavy atom. The standard InChI is InChI=1S/C15H19FN2O3/c1-10-6-12(16)2-3-13(10)15(21)18-5-4-17-8-11(9-18)7-14(19)20/h2-3,6,11,17H,4-5,7-9H2,1H3,(H,19,20). The van der Waals surface area contributed by atoms with Crippen LogP contribution in [-0.4, -0.2) is 48.1 Å². The molecule has 1 heterocycles. The molecule has 21 heavy (non-hydrogen) atoms. The van der Waals surface area contributed by atoms with Gasteiger partial charge in [0.05, 0.1) is 6.42 Å². The quantitative estimate of drug-likeness (QED) is 0.881. The lowest BCUT2D eigenvalue weighted by atomic mass is 10.0. The molecule has 5 nitrogen and oxygen atoms in total. The average Bonchev–Trinajstić information content (AvgIpc) is 2.63. The van der Waals surface area contributed by atoms with Crippen molar-refractivity contribution in [1.29, 1.82) is 0 Å². The predicted octanol–water partition coefficient (Wildman–Crippen LogP) is 1.27. The number of rotatable bonds is 3. The first-order valence-electron chi connectivity index (χ1n) is 6.95. The summed E-state index contributed by atoms with van der Waals surface area (Å²) in [4.78, 5) is 25.0. The van der Waals surface area contributed by atoms with Gasteiger partial charge >= 0.3 is 5.97 Å². The summed E-state index contributed by atoms with van der Waals surface area (Å²) in [6.07, 6.45) is 0.0270. The van der Waals surface area contributed by atoms with E-state index in [0.29, 0.717) is 37.3 Å². The molecule has 0 radical (unpaired) electrons. The van der Waals surface area contributed by atoms with Crippen LogP contribution in [0.2, 0.25) is 0 Å². The maximum atomic E-state index is 13.1. The Morgan fingerprint density at radius 1 is 1.48 bits per heavy atom. The fraction of sp³-hybridized carbons (Fsp3) is 0.467. The van der Waals surface area contributed by atoms with Crippen molar-refractivity contribution in [3.63, 3.8) is 0 Å². The number of halogens is 1. The number of amides is 1. The summed E-state index contributed by atoms with van der Waals surface area (Å²) >= 11 is 0. The summed E-state index contributed by atoms with van der Waals surface area (Å²) in [5.41, 5.74) is 1.05. The summed E-state index contributed by atoms with van der Waals surface area (Å²) in [7, 11) is 0. The molecule has 2 N–H and O–H groups in total. The van der Waals surface area contributed by atoms with E-state index in [0.717, 1.165) is 0 Å². The van der Waals surface area contributed by atoms with Crippen molar-refractivity contribution < 1.29 is 19.1 Å². The van der Waals surface area contributed by atoms with Crippen LogP contribution < -0.4 is 5.32 Å². The zero-order valence-electron chi connectivity index (χ0n) is 11.9. The minimum atomic E-state index is -0.867. The summed E-state index contributed by atoms with van der Waals surface area (Å²) in [6.45, 7) is 3.82. The van der Waals surface area contributed by atoms with Crippen molar-refractivity contribution >= 4 is 11.9 Å². The van der Waals surface area contributed by atoms with Gasteiger partial charge in [-0.2, -0.15) is 0 Å². The number of carboxylic acids is 1. The molecule has 1 aromatic rings. The zero-order valence-corrected chi connectivity index (χ0v) is 11.9. The Hall–Kier alpha value is -1.95. The van der Waals surface area contributed by atoms with Crippen molar-refractivity contribution in [3.8, 4) is 0 Å². The van der Waals surface area contributed by atoms with E-state index in [1.54, 1.807) is 11.8 Å². The summed E-state index contributed by atoms with van der Waals surface area (Å²) in [5, 5.41) is 12.0. The molecular formula is C15H19FN2O3. The van der Waals surface area contributed by atoms with E-state index < -0.39 is 5.97 Å². The van der Waals surface area contributed by atoms with Crippen molar-refractivity contribution in [2.45, 2.75) is 13.3 Å². The van der Waals surface area contributed by atoms with Gasteiger partial charge in [0.1, 0.15) is 5.82 Å². The molecule has 1 fully saturated rings. The monoisotopic (exact) mass is 294 g/mol. The van der Waals surface area contributed by atoms with Crippen LogP contribution in [0.25, 0.3) is 0 Å². The molecule has 0 spiro atoms. The fourth-order valence-corrected chi connectivity index (χ4v) is 2.59. The van der Waals surface area contributed by atoms with E-state index in [2.05, 4.69) is 5.32 Å². The fourth-order valence-electron chi connectivity index (χ4n) is 2.59. The second kappa shape index (κ2) is 6.67. The molecule has 2 rings (SSSR count). The van der Waals surface area contributed by atoms with E-state index >= 15 is 0 Å². The number of aryl methyl sites for hydroxylation is 1. The van der Waals surface area contributed by atoms with Crippen LogP contribution in [0, 0.1) is 18.7 Å². The van der Waals surface area contributed by atoms with Gasteiger partial charge in [-0.05, 0) is 36.6 Å². The third-order valence-electron chi connectivity index (χ3n) is 3.64. The second-order valence-electron chi connectivity index (χ2n) is 5.38. The average molecular weight is 294 g/mol. The van der Waals surface area contributed by atoms with E-state index in [9.17, 15) is 14.0 Å². The molecule has 1 amide bonds. The number of carbonyl (C=O) groups excluding carboxylic acids is 1. The van der Waals surface area contributed by atoms with Crippen molar-refractivity contribution in [2.75, 3.05) is 26.2 Å². The smallest absolute Gasteiger partial charge is 0.303 e. The largest absolute Gasteiger partial charge is 0.481 e. The molecule has 114 valence electrons. The number of hydrogen-bond acceptors (Lipinski definition) is 3. The molecule has 0 aromatic heterocycles. The number of benzene rings is 1. The Morgan fingerprint density at radius 2 is 2.24 bits per heavy atom. The van der Waals surface area contributed by atoms with Gasteiger partial charge in [-0.25, -0.2) is 4.39 Å². The third kappa shape index (κ3) is 4.01. The van der Waals surface area contributed by atoms with Gasteiger partial charge in [-0.1, -0.05) is 0 Å². The van der Waals surface area contributed by atoms with Crippen LogP contribution in [0.4, 0.5) is 4.39 Å². The highest BCUT2D eigenvalue weighted by Crippen LogP contribution is 2.16. The molecule has 0 saturated carbocycles. The number of aliphatic carboxylic acids is 1. The summed E-state index contributed by atoms with van der Waals surface area (Å²) in [5.74, 6) is -1.53. The summed E-state index contributed by atoms with van der Waals surface area (Å²) < 4.78 is 13.1. The van der Waals surface area contributed by atoms with Crippen LogP contribution in [0.15, 0.2) is 18.2 Å². The van der Waals surface area contributed by atoms with Gasteiger partial charge in [-0.3, -0.25) is 9.59 Å². The Labute approximate surface area is 122 Å². The van der Waals surface area contributed by atoms with E-state index in [1.165, 1.54) is 18.2 Å². The molecule has 1 atom stereocenters. The van der Waals surface area contributed by atoms with Crippen molar-refractivity contribution in [3.05, 3.63) is 35.1 Å². The van der Waals surface area contributed by atoms with Gasteiger partial charge in [-0.15, -0.1) is 0 Å².